The SMILES string of the molecule is O=C(c1cc(Cl)nc2ccccc12)N1CCC(O)C1. The molecule has 2 aromatic rings. The number of hydrogen-bond donors (Lipinski definition) is 1. The van der Waals surface area contributed by atoms with E-state index < -0.39 is 6.10 Å². The number of fused-ring (bicyclic) bond motifs is 1. The Morgan fingerprint density at radius 1 is 1.42 bits per heavy atom. The number of hydrogen-bond acceptors (Lipinski definition) is 3. The number of amides is 1. The van der Waals surface area contributed by atoms with Gasteiger partial charge in [-0.2, -0.15) is 0 Å². The minimum absolute atomic E-state index is 0.1000. The quantitative estimate of drug-likeness (QED) is 0.812. The van der Waals surface area contributed by atoms with Crippen LogP contribution in [-0.4, -0.2) is 40.1 Å². The van der Waals surface area contributed by atoms with Gasteiger partial charge in [-0.05, 0) is 18.6 Å². The summed E-state index contributed by atoms with van der Waals surface area (Å²) in [6.45, 7) is 0.960. The van der Waals surface area contributed by atoms with Gasteiger partial charge in [0.1, 0.15) is 5.15 Å². The van der Waals surface area contributed by atoms with E-state index in [0.717, 1.165) is 5.39 Å². The van der Waals surface area contributed by atoms with Crippen LogP contribution in [0, 0.1) is 0 Å². The summed E-state index contributed by atoms with van der Waals surface area (Å²) in [4.78, 5) is 18.3. The van der Waals surface area contributed by atoms with E-state index >= 15 is 0 Å². The van der Waals surface area contributed by atoms with Crippen molar-refractivity contribution in [3.63, 3.8) is 0 Å². The lowest BCUT2D eigenvalue weighted by Crippen LogP contribution is -2.29. The molecular formula is C14H13ClN2O2. The smallest absolute Gasteiger partial charge is 0.254 e. The number of rotatable bonds is 1. The molecule has 5 heteroatoms. The highest BCUT2D eigenvalue weighted by Gasteiger charge is 2.26. The van der Waals surface area contributed by atoms with E-state index in [2.05, 4.69) is 4.98 Å². The van der Waals surface area contributed by atoms with Gasteiger partial charge in [0.05, 0.1) is 17.2 Å². The lowest BCUT2D eigenvalue weighted by atomic mass is 10.1. The zero-order chi connectivity index (χ0) is 13.4. The molecule has 1 saturated heterocycles. The first-order valence-electron chi connectivity index (χ1n) is 6.18. The molecule has 0 saturated carbocycles. The Balaban J connectivity index is 2.06. The zero-order valence-corrected chi connectivity index (χ0v) is 11.0. The average molecular weight is 277 g/mol. The van der Waals surface area contributed by atoms with Gasteiger partial charge in [0.2, 0.25) is 0 Å². The fourth-order valence-electron chi connectivity index (χ4n) is 2.42. The third kappa shape index (κ3) is 2.29. The predicted octanol–water partition coefficient (Wildman–Crippen LogP) is 2.09. The summed E-state index contributed by atoms with van der Waals surface area (Å²) in [5.41, 5.74) is 1.25. The van der Waals surface area contributed by atoms with E-state index in [9.17, 15) is 9.90 Å². The van der Waals surface area contributed by atoms with Crippen molar-refractivity contribution in [2.75, 3.05) is 13.1 Å². The molecule has 1 atom stereocenters. The minimum atomic E-state index is -0.424. The molecule has 0 spiro atoms. The van der Waals surface area contributed by atoms with Crippen molar-refractivity contribution < 1.29 is 9.90 Å². The fourth-order valence-corrected chi connectivity index (χ4v) is 2.62. The first-order valence-corrected chi connectivity index (χ1v) is 6.55. The van der Waals surface area contributed by atoms with E-state index in [-0.39, 0.29) is 5.91 Å². The zero-order valence-electron chi connectivity index (χ0n) is 10.2. The van der Waals surface area contributed by atoms with Crippen LogP contribution in [0.5, 0.6) is 0 Å². The van der Waals surface area contributed by atoms with Crippen LogP contribution in [-0.2, 0) is 0 Å². The first-order chi connectivity index (χ1) is 9.15. The Labute approximate surface area is 115 Å². The highest BCUT2D eigenvalue weighted by molar-refractivity contribution is 6.30. The van der Waals surface area contributed by atoms with Crippen LogP contribution in [0.15, 0.2) is 30.3 Å². The summed E-state index contributed by atoms with van der Waals surface area (Å²) < 4.78 is 0. The van der Waals surface area contributed by atoms with Crippen molar-refractivity contribution in [3.8, 4) is 0 Å². The number of halogens is 1. The second-order valence-corrected chi connectivity index (χ2v) is 5.09. The highest BCUT2D eigenvalue weighted by Crippen LogP contribution is 2.23. The van der Waals surface area contributed by atoms with E-state index in [1.165, 1.54) is 0 Å². The number of nitrogens with zero attached hydrogens (tertiary/aromatic N) is 2. The molecule has 1 aromatic carbocycles. The first kappa shape index (κ1) is 12.4. The molecule has 1 aromatic heterocycles. The molecule has 2 heterocycles. The Morgan fingerprint density at radius 3 is 2.95 bits per heavy atom. The Bertz CT molecular complexity index is 644. The third-order valence-corrected chi connectivity index (χ3v) is 3.56. The van der Waals surface area contributed by atoms with Crippen molar-refractivity contribution in [2.24, 2.45) is 0 Å². The molecule has 1 amide bonds. The summed E-state index contributed by atoms with van der Waals surface area (Å²) in [6.07, 6.45) is 0.204. The standard InChI is InChI=1S/C14H13ClN2O2/c15-13-7-11(10-3-1-2-4-12(10)16-13)14(19)17-6-5-9(18)8-17/h1-4,7,9,18H,5-6,8H2. The molecule has 1 aliphatic heterocycles. The van der Waals surface area contributed by atoms with Gasteiger partial charge in [0.25, 0.3) is 5.91 Å². The summed E-state index contributed by atoms with van der Waals surface area (Å²) in [7, 11) is 0. The summed E-state index contributed by atoms with van der Waals surface area (Å²) >= 11 is 5.97. The molecule has 0 bridgehead atoms. The van der Waals surface area contributed by atoms with Crippen LogP contribution in [0.3, 0.4) is 0 Å². The second kappa shape index (κ2) is 4.79. The largest absolute Gasteiger partial charge is 0.391 e. The van der Waals surface area contributed by atoms with Crippen molar-refractivity contribution in [1.29, 1.82) is 0 Å². The second-order valence-electron chi connectivity index (χ2n) is 4.70. The monoisotopic (exact) mass is 276 g/mol. The third-order valence-electron chi connectivity index (χ3n) is 3.37. The molecule has 1 fully saturated rings. The van der Waals surface area contributed by atoms with E-state index in [1.807, 2.05) is 24.3 Å². The van der Waals surface area contributed by atoms with E-state index in [1.54, 1.807) is 11.0 Å². The van der Waals surface area contributed by atoms with Crippen molar-refractivity contribution in [1.82, 2.24) is 9.88 Å². The van der Waals surface area contributed by atoms with E-state index in [0.29, 0.717) is 35.7 Å². The molecule has 98 valence electrons. The molecule has 4 nitrogen and oxygen atoms in total. The van der Waals surface area contributed by atoms with Crippen LogP contribution in [0.4, 0.5) is 0 Å². The number of aliphatic hydroxyl groups excluding tert-OH is 1. The average Bonchev–Trinajstić information content (AvgIpc) is 2.83. The molecule has 19 heavy (non-hydrogen) atoms. The van der Waals surface area contributed by atoms with Gasteiger partial charge in [-0.1, -0.05) is 29.8 Å². The van der Waals surface area contributed by atoms with Crippen LogP contribution in [0.25, 0.3) is 10.9 Å². The van der Waals surface area contributed by atoms with Gasteiger partial charge < -0.3 is 10.0 Å². The predicted molar refractivity (Wildman–Crippen MR) is 73.3 cm³/mol. The lowest BCUT2D eigenvalue weighted by Gasteiger charge is -2.16. The molecule has 1 N–H and O–H groups in total. The van der Waals surface area contributed by atoms with Crippen molar-refractivity contribution in [3.05, 3.63) is 41.0 Å². The van der Waals surface area contributed by atoms with Crippen LogP contribution < -0.4 is 0 Å². The highest BCUT2D eigenvalue weighted by atomic mass is 35.5. The molecule has 1 unspecified atom stereocenters. The number of para-hydroxylation sites is 1. The summed E-state index contributed by atoms with van der Waals surface area (Å²) in [5.74, 6) is -0.1000. The Kier molecular flexibility index (Phi) is 3.12. The maximum Gasteiger partial charge on any atom is 0.254 e. The van der Waals surface area contributed by atoms with Gasteiger partial charge in [-0.3, -0.25) is 4.79 Å². The molecule has 0 aliphatic carbocycles. The van der Waals surface area contributed by atoms with Gasteiger partial charge in [0.15, 0.2) is 0 Å². The number of likely N-dealkylation sites (tertiary alicyclic amines) is 1. The number of carbonyl (C=O) groups is 1. The van der Waals surface area contributed by atoms with Crippen LogP contribution >= 0.6 is 11.6 Å². The number of aromatic nitrogens is 1. The van der Waals surface area contributed by atoms with Crippen molar-refractivity contribution >= 4 is 28.4 Å². The lowest BCUT2D eigenvalue weighted by molar-refractivity contribution is 0.0767. The number of benzene rings is 1. The summed E-state index contributed by atoms with van der Waals surface area (Å²) in [5, 5.41) is 10.6. The number of pyridine rings is 1. The van der Waals surface area contributed by atoms with Crippen molar-refractivity contribution in [2.45, 2.75) is 12.5 Å². The Morgan fingerprint density at radius 2 is 2.21 bits per heavy atom. The fraction of sp³-hybridized carbons (Fsp3) is 0.286. The van der Waals surface area contributed by atoms with Gasteiger partial charge in [-0.15, -0.1) is 0 Å². The molecular weight excluding hydrogens is 264 g/mol. The maximum atomic E-state index is 12.5. The minimum Gasteiger partial charge on any atom is -0.391 e. The molecule has 3 rings (SSSR count). The van der Waals surface area contributed by atoms with Gasteiger partial charge in [-0.25, -0.2) is 4.98 Å². The van der Waals surface area contributed by atoms with Gasteiger partial charge in [0, 0.05) is 18.5 Å². The molecule has 1 aliphatic rings. The maximum absolute atomic E-state index is 12.5. The topological polar surface area (TPSA) is 53.4 Å². The van der Waals surface area contributed by atoms with Gasteiger partial charge >= 0.3 is 0 Å². The Hall–Kier alpha value is -1.65. The van der Waals surface area contributed by atoms with Crippen LogP contribution in [0.1, 0.15) is 16.8 Å². The number of carbonyl (C=O) groups excluding carboxylic acids is 1. The van der Waals surface area contributed by atoms with Crippen LogP contribution in [0.2, 0.25) is 5.15 Å². The van der Waals surface area contributed by atoms with E-state index in [4.69, 9.17) is 11.6 Å². The number of β-amino-alcohol motifs (C(OH)–C–C–N with tert-alkyl or cyclic N) is 1. The normalized spacial score (nSPS) is 19.1. The molecule has 0 radical (unpaired) electrons. The summed E-state index contributed by atoms with van der Waals surface area (Å²) in [6, 6.07) is 9.01. The number of aliphatic hydroxyl groups is 1.